The third-order valence-electron chi connectivity index (χ3n) is 2.69. The molecule has 0 amide bonds. The molecule has 0 aliphatic rings. The van der Waals surface area contributed by atoms with E-state index in [-0.39, 0.29) is 12.6 Å². The van der Waals surface area contributed by atoms with E-state index in [4.69, 9.17) is 10.8 Å². The third kappa shape index (κ3) is 1.61. The molecular formula is C11H12N6O. The SMILES string of the molecule is Nc1n[nH]c(-c2nc3ccccc3n2CCO)n1. The number of aromatic nitrogens is 5. The summed E-state index contributed by atoms with van der Waals surface area (Å²) in [4.78, 5) is 8.54. The summed E-state index contributed by atoms with van der Waals surface area (Å²) in [5.41, 5.74) is 7.28. The fraction of sp³-hybridized carbons (Fsp3) is 0.182. The highest BCUT2D eigenvalue weighted by atomic mass is 16.3. The molecule has 18 heavy (non-hydrogen) atoms. The molecule has 7 nitrogen and oxygen atoms in total. The Morgan fingerprint density at radius 1 is 1.28 bits per heavy atom. The lowest BCUT2D eigenvalue weighted by molar-refractivity contribution is 0.278. The number of hydrogen-bond acceptors (Lipinski definition) is 5. The highest BCUT2D eigenvalue weighted by molar-refractivity contribution is 5.79. The molecule has 0 saturated heterocycles. The number of hydrogen-bond donors (Lipinski definition) is 3. The summed E-state index contributed by atoms with van der Waals surface area (Å²) in [6.07, 6.45) is 0. The molecule has 7 heteroatoms. The van der Waals surface area contributed by atoms with Crippen LogP contribution >= 0.6 is 0 Å². The molecule has 4 N–H and O–H groups in total. The molecule has 0 radical (unpaired) electrons. The number of para-hydroxylation sites is 2. The van der Waals surface area contributed by atoms with Crippen LogP contribution in [0.1, 0.15) is 0 Å². The second-order valence-electron chi connectivity index (χ2n) is 3.84. The molecule has 1 aromatic carbocycles. The summed E-state index contributed by atoms with van der Waals surface area (Å²) in [7, 11) is 0. The van der Waals surface area contributed by atoms with Gasteiger partial charge in [0.15, 0.2) is 11.6 Å². The second kappa shape index (κ2) is 4.11. The van der Waals surface area contributed by atoms with Crippen molar-refractivity contribution in [3.63, 3.8) is 0 Å². The number of benzene rings is 1. The average Bonchev–Trinajstić information content (AvgIpc) is 2.95. The molecule has 2 aromatic heterocycles. The van der Waals surface area contributed by atoms with Crippen LogP contribution in [0.15, 0.2) is 24.3 Å². The zero-order valence-electron chi connectivity index (χ0n) is 9.54. The van der Waals surface area contributed by atoms with Crippen LogP contribution < -0.4 is 5.73 Å². The number of anilines is 1. The van der Waals surface area contributed by atoms with Crippen molar-refractivity contribution in [3.8, 4) is 11.6 Å². The number of H-pyrrole nitrogens is 1. The standard InChI is InChI=1S/C11H12N6O/c12-11-14-9(15-16-11)10-13-7-3-1-2-4-8(7)17(10)5-6-18/h1-4,18H,5-6H2,(H3,12,14,15,16). The van der Waals surface area contributed by atoms with Crippen LogP contribution in [0.5, 0.6) is 0 Å². The molecule has 92 valence electrons. The lowest BCUT2D eigenvalue weighted by Gasteiger charge is -2.04. The Kier molecular flexibility index (Phi) is 2.45. The predicted molar refractivity (Wildman–Crippen MR) is 66.6 cm³/mol. The number of nitrogens with one attached hydrogen (secondary N) is 1. The van der Waals surface area contributed by atoms with Gasteiger partial charge < -0.3 is 15.4 Å². The molecule has 0 fully saturated rings. The van der Waals surface area contributed by atoms with E-state index in [1.165, 1.54) is 0 Å². The van der Waals surface area contributed by atoms with Gasteiger partial charge in [0.05, 0.1) is 17.6 Å². The van der Waals surface area contributed by atoms with Crippen LogP contribution in [0.3, 0.4) is 0 Å². The van der Waals surface area contributed by atoms with Crippen molar-refractivity contribution >= 4 is 17.0 Å². The highest BCUT2D eigenvalue weighted by Crippen LogP contribution is 2.22. The van der Waals surface area contributed by atoms with Gasteiger partial charge in [-0.1, -0.05) is 12.1 Å². The lowest BCUT2D eigenvalue weighted by atomic mass is 10.3. The Labute approximate surface area is 102 Å². The number of nitrogen functional groups attached to an aromatic ring is 1. The number of rotatable bonds is 3. The first-order chi connectivity index (χ1) is 8.79. The van der Waals surface area contributed by atoms with E-state index in [9.17, 15) is 0 Å². The Morgan fingerprint density at radius 2 is 2.11 bits per heavy atom. The number of nitrogens with two attached hydrogens (primary N) is 1. The summed E-state index contributed by atoms with van der Waals surface area (Å²) < 4.78 is 1.88. The number of aliphatic hydroxyl groups is 1. The summed E-state index contributed by atoms with van der Waals surface area (Å²) in [5.74, 6) is 1.29. The van der Waals surface area contributed by atoms with Gasteiger partial charge in [-0.05, 0) is 12.1 Å². The zero-order chi connectivity index (χ0) is 12.5. The topological polar surface area (TPSA) is 106 Å². The Hall–Kier alpha value is -2.41. The Balaban J connectivity index is 2.24. The third-order valence-corrected chi connectivity index (χ3v) is 2.69. The maximum absolute atomic E-state index is 9.15. The van der Waals surface area contributed by atoms with E-state index in [1.54, 1.807) is 0 Å². The van der Waals surface area contributed by atoms with Crippen LogP contribution in [-0.2, 0) is 6.54 Å². The molecule has 0 aliphatic heterocycles. The van der Waals surface area contributed by atoms with Crippen molar-refractivity contribution in [2.45, 2.75) is 6.54 Å². The van der Waals surface area contributed by atoms with Crippen LogP contribution in [-0.4, -0.2) is 36.4 Å². The Bertz CT molecular complexity index is 686. The summed E-state index contributed by atoms with van der Waals surface area (Å²) in [6.45, 7) is 0.466. The van der Waals surface area contributed by atoms with Crippen molar-refractivity contribution in [2.24, 2.45) is 0 Å². The van der Waals surface area contributed by atoms with E-state index in [2.05, 4.69) is 20.2 Å². The van der Waals surface area contributed by atoms with Crippen molar-refractivity contribution in [2.75, 3.05) is 12.3 Å². The fourth-order valence-corrected chi connectivity index (χ4v) is 1.96. The molecule has 0 unspecified atom stereocenters. The van der Waals surface area contributed by atoms with Crippen LogP contribution in [0.25, 0.3) is 22.7 Å². The number of aromatic amines is 1. The van der Waals surface area contributed by atoms with Gasteiger partial charge in [0.1, 0.15) is 0 Å². The van der Waals surface area contributed by atoms with Gasteiger partial charge in [-0.25, -0.2) is 4.98 Å². The summed E-state index contributed by atoms with van der Waals surface area (Å²) in [5, 5.41) is 15.7. The summed E-state index contributed by atoms with van der Waals surface area (Å²) in [6, 6.07) is 7.70. The van der Waals surface area contributed by atoms with Gasteiger partial charge in [0, 0.05) is 6.54 Å². The molecule has 0 spiro atoms. The monoisotopic (exact) mass is 244 g/mol. The second-order valence-corrected chi connectivity index (χ2v) is 3.84. The number of imidazole rings is 1. The van der Waals surface area contributed by atoms with E-state index in [1.807, 2.05) is 28.8 Å². The number of nitrogens with zero attached hydrogens (tertiary/aromatic N) is 4. The van der Waals surface area contributed by atoms with Gasteiger partial charge >= 0.3 is 0 Å². The normalized spacial score (nSPS) is 11.2. The molecule has 2 heterocycles. The van der Waals surface area contributed by atoms with E-state index < -0.39 is 0 Å². The maximum atomic E-state index is 9.15. The smallest absolute Gasteiger partial charge is 0.239 e. The molecule has 0 saturated carbocycles. The fourth-order valence-electron chi connectivity index (χ4n) is 1.96. The first kappa shape index (κ1) is 10.7. The van der Waals surface area contributed by atoms with Gasteiger partial charge in [-0.2, -0.15) is 4.98 Å². The van der Waals surface area contributed by atoms with Gasteiger partial charge in [0.25, 0.3) is 0 Å². The van der Waals surface area contributed by atoms with Gasteiger partial charge in [-0.3, -0.25) is 5.10 Å². The van der Waals surface area contributed by atoms with Crippen molar-refractivity contribution in [3.05, 3.63) is 24.3 Å². The van der Waals surface area contributed by atoms with Gasteiger partial charge in [0.2, 0.25) is 5.95 Å². The van der Waals surface area contributed by atoms with Crippen LogP contribution in [0.2, 0.25) is 0 Å². The first-order valence-electron chi connectivity index (χ1n) is 5.54. The van der Waals surface area contributed by atoms with E-state index in [0.717, 1.165) is 11.0 Å². The average molecular weight is 244 g/mol. The largest absolute Gasteiger partial charge is 0.395 e. The zero-order valence-corrected chi connectivity index (χ0v) is 9.54. The highest BCUT2D eigenvalue weighted by Gasteiger charge is 2.14. The minimum Gasteiger partial charge on any atom is -0.395 e. The number of aliphatic hydroxyl groups excluding tert-OH is 1. The summed E-state index contributed by atoms with van der Waals surface area (Å²) >= 11 is 0. The molecule has 3 rings (SSSR count). The van der Waals surface area contributed by atoms with Crippen molar-refractivity contribution in [1.82, 2.24) is 24.7 Å². The Morgan fingerprint density at radius 3 is 2.83 bits per heavy atom. The first-order valence-corrected chi connectivity index (χ1v) is 5.54. The van der Waals surface area contributed by atoms with Gasteiger partial charge in [-0.15, -0.1) is 5.10 Å². The van der Waals surface area contributed by atoms with Crippen LogP contribution in [0, 0.1) is 0 Å². The number of fused-ring (bicyclic) bond motifs is 1. The van der Waals surface area contributed by atoms with Crippen LogP contribution in [0.4, 0.5) is 5.95 Å². The molecular weight excluding hydrogens is 232 g/mol. The molecule has 0 atom stereocenters. The molecule has 0 aliphatic carbocycles. The molecule has 0 bridgehead atoms. The molecule has 3 aromatic rings. The van der Waals surface area contributed by atoms with Crippen molar-refractivity contribution in [1.29, 1.82) is 0 Å². The minimum absolute atomic E-state index is 0.0248. The predicted octanol–water partition coefficient (Wildman–Crippen LogP) is 0.396. The quantitative estimate of drug-likeness (QED) is 0.618. The lowest BCUT2D eigenvalue weighted by Crippen LogP contribution is -2.04. The van der Waals surface area contributed by atoms with E-state index >= 15 is 0 Å². The minimum atomic E-state index is 0.0248. The van der Waals surface area contributed by atoms with Crippen molar-refractivity contribution < 1.29 is 5.11 Å². The van der Waals surface area contributed by atoms with E-state index in [0.29, 0.717) is 18.2 Å². The maximum Gasteiger partial charge on any atom is 0.239 e.